The van der Waals surface area contributed by atoms with Gasteiger partial charge >= 0.3 is 0 Å². The average molecular weight is 482 g/mol. The highest BCUT2D eigenvalue weighted by Gasteiger charge is 2.47. The molecular formula is C26H21Cl2NO4. The number of Topliss-reactive ketones (excluding diaryl/α,β-unsaturated/α-hetero) is 1. The van der Waals surface area contributed by atoms with Crippen LogP contribution in [0.1, 0.15) is 29.7 Å². The lowest BCUT2D eigenvalue weighted by atomic mass is 9.94. The third-order valence-electron chi connectivity index (χ3n) is 5.37. The summed E-state index contributed by atoms with van der Waals surface area (Å²) in [5.41, 5.74) is 2.39. The van der Waals surface area contributed by atoms with Gasteiger partial charge in [-0.3, -0.25) is 14.5 Å². The molecule has 1 aliphatic rings. The number of aliphatic hydroxyl groups is 1. The van der Waals surface area contributed by atoms with Crippen molar-refractivity contribution in [2.45, 2.75) is 19.9 Å². The van der Waals surface area contributed by atoms with Gasteiger partial charge < -0.3 is 9.84 Å². The van der Waals surface area contributed by atoms with Crippen LogP contribution in [0.4, 0.5) is 5.69 Å². The Morgan fingerprint density at radius 3 is 2.27 bits per heavy atom. The first-order valence-corrected chi connectivity index (χ1v) is 11.1. The molecule has 1 unspecified atom stereocenters. The molecular weight excluding hydrogens is 461 g/mol. The van der Waals surface area contributed by atoms with E-state index in [4.69, 9.17) is 27.9 Å². The first-order valence-electron chi connectivity index (χ1n) is 10.4. The SMILES string of the molecule is CCOc1ccc(/C(O)=C2\C(=O)C(=O)N(c3cc(Cl)cc(Cl)c3)C2c2cccc(C)c2)cc1. The summed E-state index contributed by atoms with van der Waals surface area (Å²) >= 11 is 12.4. The van der Waals surface area contributed by atoms with Gasteiger partial charge in [-0.05, 0) is 61.9 Å². The number of carbonyl (C=O) groups is 2. The van der Waals surface area contributed by atoms with E-state index in [1.165, 1.54) is 4.90 Å². The molecule has 5 nitrogen and oxygen atoms in total. The van der Waals surface area contributed by atoms with E-state index < -0.39 is 17.7 Å². The van der Waals surface area contributed by atoms with Crippen LogP contribution in [-0.4, -0.2) is 23.4 Å². The fraction of sp³-hybridized carbons (Fsp3) is 0.154. The molecule has 0 saturated carbocycles. The Labute approximate surface area is 201 Å². The molecule has 3 aromatic carbocycles. The summed E-state index contributed by atoms with van der Waals surface area (Å²) in [4.78, 5) is 27.7. The summed E-state index contributed by atoms with van der Waals surface area (Å²) in [5.74, 6) is -1.19. The Balaban J connectivity index is 1.92. The Morgan fingerprint density at radius 1 is 1.00 bits per heavy atom. The van der Waals surface area contributed by atoms with Crippen molar-refractivity contribution in [3.05, 3.63) is 99.0 Å². The number of halogens is 2. The molecule has 0 spiro atoms. The van der Waals surface area contributed by atoms with Gasteiger partial charge in [0.15, 0.2) is 0 Å². The van der Waals surface area contributed by atoms with Crippen molar-refractivity contribution in [3.63, 3.8) is 0 Å². The number of aliphatic hydroxyl groups excluding tert-OH is 1. The lowest BCUT2D eigenvalue weighted by Crippen LogP contribution is -2.29. The largest absolute Gasteiger partial charge is 0.507 e. The van der Waals surface area contributed by atoms with E-state index in [1.807, 2.05) is 38.1 Å². The molecule has 168 valence electrons. The maximum atomic E-state index is 13.2. The van der Waals surface area contributed by atoms with Crippen molar-refractivity contribution in [2.24, 2.45) is 0 Å². The molecule has 4 rings (SSSR count). The Bertz CT molecular complexity index is 1250. The normalized spacial score (nSPS) is 17.5. The van der Waals surface area contributed by atoms with E-state index in [0.29, 0.717) is 39.2 Å². The summed E-state index contributed by atoms with van der Waals surface area (Å²) in [6.45, 7) is 4.30. The number of ether oxygens (including phenoxy) is 1. The fourth-order valence-corrected chi connectivity index (χ4v) is 4.48. The van der Waals surface area contributed by atoms with Gasteiger partial charge in [0.2, 0.25) is 0 Å². The summed E-state index contributed by atoms with van der Waals surface area (Å²) in [6.07, 6.45) is 0. The smallest absolute Gasteiger partial charge is 0.300 e. The number of aryl methyl sites for hydroxylation is 1. The molecule has 33 heavy (non-hydrogen) atoms. The van der Waals surface area contributed by atoms with Crippen molar-refractivity contribution in [3.8, 4) is 5.75 Å². The number of hydrogen-bond acceptors (Lipinski definition) is 4. The van der Waals surface area contributed by atoms with Crippen molar-refractivity contribution in [1.82, 2.24) is 0 Å². The van der Waals surface area contributed by atoms with Gasteiger partial charge in [0.1, 0.15) is 11.5 Å². The van der Waals surface area contributed by atoms with Crippen LogP contribution in [0.2, 0.25) is 10.0 Å². The highest BCUT2D eigenvalue weighted by molar-refractivity contribution is 6.52. The number of anilines is 1. The maximum absolute atomic E-state index is 13.2. The Kier molecular flexibility index (Phi) is 6.45. The Hall–Kier alpha value is -3.28. The molecule has 0 aromatic heterocycles. The van der Waals surface area contributed by atoms with E-state index in [-0.39, 0.29) is 11.3 Å². The molecule has 1 amide bonds. The third-order valence-corrected chi connectivity index (χ3v) is 5.80. The number of nitrogens with zero attached hydrogens (tertiary/aromatic N) is 1. The second-order valence-electron chi connectivity index (χ2n) is 7.67. The molecule has 1 fully saturated rings. The number of hydrogen-bond donors (Lipinski definition) is 1. The van der Waals surface area contributed by atoms with Gasteiger partial charge in [-0.25, -0.2) is 0 Å². The molecule has 1 saturated heterocycles. The lowest BCUT2D eigenvalue weighted by molar-refractivity contribution is -0.132. The molecule has 0 radical (unpaired) electrons. The van der Waals surface area contributed by atoms with Crippen molar-refractivity contribution in [1.29, 1.82) is 0 Å². The summed E-state index contributed by atoms with van der Waals surface area (Å²) in [6, 6.07) is 18.0. The minimum Gasteiger partial charge on any atom is -0.507 e. The number of amides is 1. The monoisotopic (exact) mass is 481 g/mol. The standard InChI is InChI=1S/C26H21Cl2NO4/c1-3-33-21-9-7-16(8-10-21)24(30)22-23(17-6-4-5-15(2)11-17)29(26(32)25(22)31)20-13-18(27)12-19(28)14-20/h4-14,23,30H,3H2,1-2H3/b24-22+. The topological polar surface area (TPSA) is 66.8 Å². The van der Waals surface area contributed by atoms with E-state index in [0.717, 1.165) is 5.56 Å². The number of ketones is 1. The minimum absolute atomic E-state index is 0.00846. The predicted octanol–water partition coefficient (Wildman–Crippen LogP) is 6.33. The van der Waals surface area contributed by atoms with Crippen LogP contribution in [-0.2, 0) is 9.59 Å². The zero-order valence-corrected chi connectivity index (χ0v) is 19.5. The van der Waals surface area contributed by atoms with Crippen molar-refractivity contribution in [2.75, 3.05) is 11.5 Å². The van der Waals surface area contributed by atoms with Crippen LogP contribution in [0.15, 0.2) is 72.3 Å². The quantitative estimate of drug-likeness (QED) is 0.262. The second-order valence-corrected chi connectivity index (χ2v) is 8.54. The third kappa shape index (κ3) is 4.47. The lowest BCUT2D eigenvalue weighted by Gasteiger charge is -2.26. The van der Waals surface area contributed by atoms with Gasteiger partial charge in [0, 0.05) is 21.3 Å². The highest BCUT2D eigenvalue weighted by Crippen LogP contribution is 2.43. The zero-order chi connectivity index (χ0) is 23.7. The van der Waals surface area contributed by atoms with E-state index in [2.05, 4.69) is 0 Å². The first kappa shape index (κ1) is 22.9. The molecule has 1 atom stereocenters. The molecule has 0 aliphatic carbocycles. The molecule has 1 heterocycles. The molecule has 1 N–H and O–H groups in total. The summed E-state index contributed by atoms with van der Waals surface area (Å²) < 4.78 is 5.45. The highest BCUT2D eigenvalue weighted by atomic mass is 35.5. The van der Waals surface area contributed by atoms with Crippen molar-refractivity contribution < 1.29 is 19.4 Å². The Morgan fingerprint density at radius 2 is 1.67 bits per heavy atom. The van der Waals surface area contributed by atoms with Crippen LogP contribution < -0.4 is 9.64 Å². The van der Waals surface area contributed by atoms with E-state index >= 15 is 0 Å². The van der Waals surface area contributed by atoms with Crippen LogP contribution in [0, 0.1) is 6.92 Å². The van der Waals surface area contributed by atoms with Gasteiger partial charge in [0.25, 0.3) is 11.7 Å². The number of carbonyl (C=O) groups excluding carboxylic acids is 2. The van der Waals surface area contributed by atoms with Crippen LogP contribution in [0.25, 0.3) is 5.76 Å². The van der Waals surface area contributed by atoms with Crippen LogP contribution in [0.3, 0.4) is 0 Å². The molecule has 1 aliphatic heterocycles. The predicted molar refractivity (Wildman–Crippen MR) is 130 cm³/mol. The summed E-state index contributed by atoms with van der Waals surface area (Å²) in [5, 5.41) is 11.8. The van der Waals surface area contributed by atoms with E-state index in [1.54, 1.807) is 42.5 Å². The second kappa shape index (κ2) is 9.30. The number of rotatable bonds is 5. The van der Waals surface area contributed by atoms with Gasteiger partial charge in [-0.1, -0.05) is 53.0 Å². The molecule has 3 aromatic rings. The zero-order valence-electron chi connectivity index (χ0n) is 18.0. The average Bonchev–Trinajstić information content (AvgIpc) is 3.04. The maximum Gasteiger partial charge on any atom is 0.300 e. The first-order chi connectivity index (χ1) is 15.8. The van der Waals surface area contributed by atoms with Gasteiger partial charge in [-0.15, -0.1) is 0 Å². The van der Waals surface area contributed by atoms with E-state index in [9.17, 15) is 14.7 Å². The van der Waals surface area contributed by atoms with Crippen LogP contribution >= 0.6 is 23.2 Å². The van der Waals surface area contributed by atoms with Gasteiger partial charge in [0.05, 0.1) is 18.2 Å². The van der Waals surface area contributed by atoms with Gasteiger partial charge in [-0.2, -0.15) is 0 Å². The fourth-order valence-electron chi connectivity index (χ4n) is 3.96. The van der Waals surface area contributed by atoms with Crippen LogP contribution in [0.5, 0.6) is 5.75 Å². The summed E-state index contributed by atoms with van der Waals surface area (Å²) in [7, 11) is 0. The molecule has 7 heteroatoms. The number of benzene rings is 3. The van der Waals surface area contributed by atoms with Crippen molar-refractivity contribution >= 4 is 46.3 Å². The molecule has 0 bridgehead atoms. The minimum atomic E-state index is -0.856.